The van der Waals surface area contributed by atoms with Crippen molar-refractivity contribution in [2.75, 3.05) is 46.9 Å². The fourth-order valence-electron chi connectivity index (χ4n) is 13.7. The number of amides is 11. The maximum Gasteiger partial charge on any atom is 0.490 e. The lowest BCUT2D eigenvalue weighted by molar-refractivity contribution is -0.192. The summed E-state index contributed by atoms with van der Waals surface area (Å²) in [5.41, 5.74) is 24.0. The number of aliphatic carboxylic acids is 4. The molecular formula is C80H115F3N22O24. The van der Waals surface area contributed by atoms with Crippen molar-refractivity contribution in [1.29, 1.82) is 16.2 Å². The molecular weight excluding hydrogens is 1710 g/mol. The number of Topliss-reactive ketones (excluding diaryl/α,β-unsaturated/α-hetero) is 2. The molecule has 2 aliphatic heterocycles. The Labute approximate surface area is 738 Å². The zero-order valence-electron chi connectivity index (χ0n) is 72.4. The van der Waals surface area contributed by atoms with Crippen molar-refractivity contribution >= 4 is 118 Å². The highest BCUT2D eigenvalue weighted by Crippen LogP contribution is 2.53. The summed E-state index contributed by atoms with van der Waals surface area (Å²) in [5.74, 6) is -23.3. The minimum atomic E-state index is -5.08. The molecule has 129 heavy (non-hydrogen) atoms. The third kappa shape index (κ3) is 32.4. The number of carboxylic acids is 4. The highest BCUT2D eigenvalue weighted by molar-refractivity contribution is 6.17. The molecule has 0 bridgehead atoms. The zero-order valence-corrected chi connectivity index (χ0v) is 72.4. The molecule has 0 aromatic heterocycles. The molecule has 1 fully saturated rings. The highest BCUT2D eigenvalue weighted by Gasteiger charge is 2.56. The number of halogens is 3. The monoisotopic (exact) mass is 1820 g/mol. The molecule has 0 spiro atoms. The molecule has 11 amide bonds. The van der Waals surface area contributed by atoms with Crippen molar-refractivity contribution in [2.24, 2.45) is 34.6 Å². The van der Waals surface area contributed by atoms with E-state index in [1.54, 1.807) is 76.2 Å². The predicted molar refractivity (Wildman–Crippen MR) is 452 cm³/mol. The van der Waals surface area contributed by atoms with Crippen LogP contribution in [0.4, 0.5) is 13.2 Å². The molecule has 1 unspecified atom stereocenters. The van der Waals surface area contributed by atoms with E-state index in [2.05, 4.69) is 69.1 Å². The van der Waals surface area contributed by atoms with Gasteiger partial charge in [-0.2, -0.15) is 13.2 Å². The summed E-state index contributed by atoms with van der Waals surface area (Å²) in [6, 6.07) is -2.52. The summed E-state index contributed by atoms with van der Waals surface area (Å²) in [6.45, 7) is 9.05. The molecule has 3 aromatic rings. The third-order valence-corrected chi connectivity index (χ3v) is 20.6. The van der Waals surface area contributed by atoms with Crippen molar-refractivity contribution in [3.63, 3.8) is 0 Å². The van der Waals surface area contributed by atoms with Crippen LogP contribution in [-0.4, -0.2) is 263 Å². The van der Waals surface area contributed by atoms with Gasteiger partial charge in [-0.25, -0.2) is 4.79 Å². The normalized spacial score (nSPS) is 15.9. The molecule has 13 atom stereocenters. The Morgan fingerprint density at radius 1 is 0.574 bits per heavy atom. The van der Waals surface area contributed by atoms with Gasteiger partial charge in [-0.3, -0.25) is 92.9 Å². The van der Waals surface area contributed by atoms with Gasteiger partial charge >= 0.3 is 30.1 Å². The predicted octanol–water partition coefficient (Wildman–Crippen LogP) is -3.58. The van der Waals surface area contributed by atoms with E-state index in [-0.39, 0.29) is 106 Å². The Morgan fingerprint density at radius 2 is 1.07 bits per heavy atom. The minimum absolute atomic E-state index is 0.00560. The average Bonchev–Trinajstić information content (AvgIpc) is 1.10. The summed E-state index contributed by atoms with van der Waals surface area (Å²) in [4.78, 5) is 236. The molecule has 710 valence electrons. The van der Waals surface area contributed by atoms with Crippen LogP contribution >= 0.6 is 0 Å². The molecule has 46 nitrogen and oxygen atoms in total. The van der Waals surface area contributed by atoms with Crippen LogP contribution in [0.1, 0.15) is 148 Å². The Morgan fingerprint density at radius 3 is 1.57 bits per heavy atom. The fourth-order valence-corrected chi connectivity index (χ4v) is 13.7. The number of hydrogen-bond donors (Lipinski definition) is 25. The van der Waals surface area contributed by atoms with Gasteiger partial charge in [0, 0.05) is 66.8 Å². The van der Waals surface area contributed by atoms with Crippen molar-refractivity contribution in [2.45, 2.75) is 216 Å². The first-order valence-electron chi connectivity index (χ1n) is 40.6. The van der Waals surface area contributed by atoms with Crippen LogP contribution in [-0.2, 0) is 98.9 Å². The largest absolute Gasteiger partial charge is 0.497 e. The minimum Gasteiger partial charge on any atom is -0.497 e. The van der Waals surface area contributed by atoms with Crippen LogP contribution in [0, 0.1) is 22.1 Å². The Bertz CT molecular complexity index is 4620. The summed E-state index contributed by atoms with van der Waals surface area (Å²) >= 11 is 0. The number of hydrogen-bond acceptors (Lipinski definition) is 25. The number of fused-ring (bicyclic) bond motifs is 2. The molecule has 30 N–H and O–H groups in total. The molecule has 49 heteroatoms. The average molecular weight is 1830 g/mol. The van der Waals surface area contributed by atoms with E-state index in [0.717, 1.165) is 11.8 Å². The molecule has 2 aliphatic rings. The number of alkyl halides is 3. The summed E-state index contributed by atoms with van der Waals surface area (Å²) < 4.78 is 49.4. The standard InChI is InChI=1S/C78H114N22O22.C2HF3O2/c1-10-38(2)62(98-68(114)49(93-64(110)39(3)79)21-15-27-88-75(83)84)72(118)91-40(4)65(111)94-48(20-14-26-87-74(81)82)67(113)90-37-57(102)92-52(36-60(107)108)69(115)97-53(30-42-18-12-11-13-19-42)73(119)100-29-17-23-54(100)71(117)96-51(35-59(105)106)63(109)78(41(5)101,99-70(116)50(22-16-28-89-76(85)86)95-66(112)47(80)34-58(103)104)46-31-44(121-9)33-56-61(46)77(6,7)45-25-24-43(120-8)32-55(45)122-56;3-2(4,5)1(6)7/h11-13,18-19,24-25,31-33,38-40,47-54,62H,10,14-17,20-23,26-30,34-37,79-80H2,1-9H3,(H,90,113)(H,91,118)(H,92,102)(H,93,110)(H,94,111)(H,95,112)(H,96,117)(H,97,115)(H,98,114)(H,99,116)(H,103,104)(H,105,106)(H,107,108)(H4,81,82,87)(H4,83,84,88)(H4,85,86,89);(H,6,7)/t38-,39-,40-,47-,48-,49-,50-,51-,52-,53-,54-,62-,78?;/m0./s1. The van der Waals surface area contributed by atoms with Gasteiger partial charge in [-0.05, 0) is 95.8 Å². The van der Waals surface area contributed by atoms with E-state index in [4.69, 9.17) is 69.0 Å². The van der Waals surface area contributed by atoms with Gasteiger partial charge in [0.1, 0.15) is 77.4 Å². The van der Waals surface area contributed by atoms with Gasteiger partial charge in [0.25, 0.3) is 0 Å². The number of ether oxygens (including phenoxy) is 3. The zero-order chi connectivity index (χ0) is 97.3. The van der Waals surface area contributed by atoms with E-state index in [9.17, 15) is 81.2 Å². The number of nitrogens with zero attached hydrogens (tertiary/aromatic N) is 1. The lowest BCUT2D eigenvalue weighted by atomic mass is 9.67. The SMILES string of the molecule is CC[C@H](C)[C@H](NC(=O)[C@H](CCCNC(=N)N)NC(=O)[C@H](C)N)C(=O)N[C@@H](C)C(=O)N[C@@H](CCCNC(=N)N)C(=O)NCC(=O)N[C@@H](CC(=O)O)C(=O)N[C@@H](Cc1ccccc1)C(=O)N1CCC[C@H]1C(=O)N[C@@H](CC(=O)O)C(=O)C(NC(=O)[C@H](CCCNC(=N)N)NC(=O)[C@@H](N)CC(=O)O)(C(C)=O)c1cc(OC)cc2c1C(C)(C)c1ccc(OC)cc1O2.O=C(O)C(F)(F)F. The molecule has 1 saturated heterocycles. The third-order valence-electron chi connectivity index (χ3n) is 20.6. The van der Waals surface area contributed by atoms with E-state index in [1.807, 2.05) is 0 Å². The number of rotatable bonds is 49. The molecule has 3 aromatic carbocycles. The van der Waals surface area contributed by atoms with Crippen LogP contribution < -0.4 is 112 Å². The maximum atomic E-state index is 16.4. The second-order valence-electron chi connectivity index (χ2n) is 30.9. The van der Waals surface area contributed by atoms with Crippen molar-refractivity contribution in [1.82, 2.24) is 74.0 Å². The van der Waals surface area contributed by atoms with Crippen LogP contribution in [0.25, 0.3) is 0 Å². The Kier molecular flexibility index (Phi) is 41.4. The molecule has 0 saturated carbocycles. The topological polar surface area (TPSA) is 760 Å². The molecule has 0 aliphatic carbocycles. The van der Waals surface area contributed by atoms with Gasteiger partial charge in [0.05, 0.1) is 52.1 Å². The Hall–Kier alpha value is -14.0. The number of ketones is 2. The van der Waals surface area contributed by atoms with Crippen molar-refractivity contribution < 1.29 is 129 Å². The number of likely N-dealkylation sites (tertiary alicyclic amines) is 1. The number of carbonyl (C=O) groups is 17. The van der Waals surface area contributed by atoms with Crippen molar-refractivity contribution in [3.8, 4) is 23.0 Å². The molecule has 2 heterocycles. The van der Waals surface area contributed by atoms with Gasteiger partial charge in [-0.15, -0.1) is 0 Å². The van der Waals surface area contributed by atoms with Crippen LogP contribution in [0.15, 0.2) is 60.7 Å². The maximum absolute atomic E-state index is 16.4. The fraction of sp³-hybridized carbons (Fsp3) is 0.525. The van der Waals surface area contributed by atoms with Crippen LogP contribution in [0.3, 0.4) is 0 Å². The van der Waals surface area contributed by atoms with E-state index in [0.29, 0.717) is 23.3 Å². The number of carbonyl (C=O) groups excluding carboxylic acids is 13. The number of nitrogens with one attached hydrogen (secondary N) is 16. The second-order valence-corrected chi connectivity index (χ2v) is 30.9. The highest BCUT2D eigenvalue weighted by atomic mass is 19.4. The van der Waals surface area contributed by atoms with Gasteiger partial charge in [-0.1, -0.05) is 70.5 Å². The lowest BCUT2D eigenvalue weighted by Gasteiger charge is -2.42. The number of methoxy groups -OCH3 is 2. The summed E-state index contributed by atoms with van der Waals surface area (Å²) in [6.07, 6.45) is -9.12. The van der Waals surface area contributed by atoms with Gasteiger partial charge in [0.15, 0.2) is 35.0 Å². The van der Waals surface area contributed by atoms with Gasteiger partial charge < -0.3 is 137 Å². The second kappa shape index (κ2) is 49.8. The first-order valence-corrected chi connectivity index (χ1v) is 40.6. The number of nitrogens with two attached hydrogens (primary N) is 5. The van der Waals surface area contributed by atoms with Crippen LogP contribution in [0.5, 0.6) is 23.0 Å². The summed E-state index contributed by atoms with van der Waals surface area (Å²) in [7, 11) is 2.63. The van der Waals surface area contributed by atoms with Crippen molar-refractivity contribution in [3.05, 3.63) is 82.9 Å². The number of guanidine groups is 3. The number of carboxylic acid groups (broad SMARTS) is 4. The quantitative estimate of drug-likeness (QED) is 0.0112. The smallest absolute Gasteiger partial charge is 0.490 e. The van der Waals surface area contributed by atoms with E-state index in [1.165, 1.54) is 40.2 Å². The first kappa shape index (κ1) is 107. The first-order chi connectivity index (χ1) is 60.3. The Balaban J connectivity index is 0.00000476. The summed E-state index contributed by atoms with van der Waals surface area (Å²) in [5, 5.41) is 92.5. The lowest BCUT2D eigenvalue weighted by Crippen LogP contribution is -2.66. The van der Waals surface area contributed by atoms with E-state index < -0.39 is 240 Å². The van der Waals surface area contributed by atoms with Gasteiger partial charge in [0.2, 0.25) is 65.0 Å². The van der Waals surface area contributed by atoms with Crippen LogP contribution in [0.2, 0.25) is 0 Å². The number of benzene rings is 3. The molecule has 5 rings (SSSR count). The van der Waals surface area contributed by atoms with E-state index >= 15 is 24.0 Å². The molecule has 0 radical (unpaired) electrons.